The summed E-state index contributed by atoms with van der Waals surface area (Å²) in [6.07, 6.45) is 0.657. The predicted molar refractivity (Wildman–Crippen MR) is 135 cm³/mol. The zero-order chi connectivity index (χ0) is 27.1. The average Bonchev–Trinajstić information content (AvgIpc) is 3.25. The zero-order valence-corrected chi connectivity index (χ0v) is 22.2. The second kappa shape index (κ2) is 9.86. The number of hydrogen-bond acceptors (Lipinski definition) is 6. The number of halogens is 2. The molecule has 1 aliphatic heterocycles. The summed E-state index contributed by atoms with van der Waals surface area (Å²) in [5.41, 5.74) is 1.73. The minimum absolute atomic E-state index is 0.000665. The van der Waals surface area contributed by atoms with Crippen molar-refractivity contribution in [2.24, 2.45) is 0 Å². The van der Waals surface area contributed by atoms with Crippen molar-refractivity contribution in [2.75, 3.05) is 18.3 Å². The van der Waals surface area contributed by atoms with Crippen LogP contribution in [0.1, 0.15) is 66.5 Å². The Morgan fingerprint density at radius 1 is 1.11 bits per heavy atom. The van der Waals surface area contributed by atoms with E-state index in [4.69, 9.17) is 4.52 Å². The summed E-state index contributed by atoms with van der Waals surface area (Å²) in [7, 11) is -2.68. The molecule has 0 bridgehead atoms. The topological polar surface area (TPSA) is 105 Å². The van der Waals surface area contributed by atoms with Gasteiger partial charge in [-0.3, -0.25) is 14.4 Å². The van der Waals surface area contributed by atoms with Gasteiger partial charge in [0.05, 0.1) is 4.90 Å². The van der Waals surface area contributed by atoms with Gasteiger partial charge in [0.15, 0.2) is 11.6 Å². The normalized spacial score (nSPS) is 15.2. The first-order chi connectivity index (χ1) is 17.3. The van der Waals surface area contributed by atoms with Crippen molar-refractivity contribution in [3.05, 3.63) is 76.0 Å². The molecule has 0 saturated heterocycles. The highest BCUT2D eigenvalue weighted by Crippen LogP contribution is 2.33. The van der Waals surface area contributed by atoms with Gasteiger partial charge < -0.3 is 9.84 Å². The quantitative estimate of drug-likeness (QED) is 0.484. The lowest BCUT2D eigenvalue weighted by atomic mass is 9.90. The van der Waals surface area contributed by atoms with Crippen LogP contribution in [0.5, 0.6) is 0 Å². The Kier molecular flexibility index (Phi) is 7.13. The molecule has 11 heteroatoms. The number of aromatic nitrogens is 1. The standard InChI is InChI=1S/C26H30F2N4O4S/c1-15(17-10-19(27)13-20(28)11-17)32-9-8-16-6-7-21(12-18(16)14-32)37(34,35)31-24-22(25(33)29-5)23(36-30-24)26(2,3)4/h6-7,10-13,15H,8-9,14H2,1-5H3,(H,29,33)(H,30,31). The van der Waals surface area contributed by atoms with E-state index in [0.717, 1.165) is 17.2 Å². The van der Waals surface area contributed by atoms with Gasteiger partial charge in [-0.05, 0) is 54.3 Å². The lowest BCUT2D eigenvalue weighted by molar-refractivity contribution is 0.0959. The fourth-order valence-corrected chi connectivity index (χ4v) is 5.53. The largest absolute Gasteiger partial charge is 0.358 e. The van der Waals surface area contributed by atoms with Crippen LogP contribution in [0.15, 0.2) is 45.8 Å². The first kappa shape index (κ1) is 26.7. The van der Waals surface area contributed by atoms with Crippen molar-refractivity contribution < 1.29 is 26.5 Å². The van der Waals surface area contributed by atoms with Gasteiger partial charge in [0.2, 0.25) is 0 Å². The first-order valence-electron chi connectivity index (χ1n) is 11.9. The van der Waals surface area contributed by atoms with Gasteiger partial charge in [-0.15, -0.1) is 0 Å². The number of carbonyl (C=O) groups excluding carboxylic acids is 1. The Morgan fingerprint density at radius 3 is 2.41 bits per heavy atom. The Balaban J connectivity index is 1.61. The van der Waals surface area contributed by atoms with Gasteiger partial charge in [-0.2, -0.15) is 0 Å². The minimum Gasteiger partial charge on any atom is -0.358 e. The van der Waals surface area contributed by atoms with E-state index in [9.17, 15) is 22.0 Å². The highest BCUT2D eigenvalue weighted by Gasteiger charge is 2.33. The summed E-state index contributed by atoms with van der Waals surface area (Å²) < 4.78 is 61.9. The Morgan fingerprint density at radius 2 is 1.78 bits per heavy atom. The van der Waals surface area contributed by atoms with Gasteiger partial charge in [-0.1, -0.05) is 32.0 Å². The molecule has 2 aromatic carbocycles. The van der Waals surface area contributed by atoms with Gasteiger partial charge in [0.25, 0.3) is 15.9 Å². The van der Waals surface area contributed by atoms with Crippen molar-refractivity contribution >= 4 is 21.7 Å². The fraction of sp³-hybridized carbons (Fsp3) is 0.385. The molecule has 8 nitrogen and oxygen atoms in total. The van der Waals surface area contributed by atoms with E-state index in [1.54, 1.807) is 12.1 Å². The molecule has 1 atom stereocenters. The van der Waals surface area contributed by atoms with Crippen molar-refractivity contribution in [1.29, 1.82) is 0 Å². The number of rotatable bonds is 6. The number of anilines is 1. The third-order valence-corrected chi connectivity index (χ3v) is 7.84. The number of fused-ring (bicyclic) bond motifs is 1. The molecule has 1 aromatic heterocycles. The number of sulfonamides is 1. The molecule has 0 radical (unpaired) electrons. The van der Waals surface area contributed by atoms with Crippen LogP contribution in [-0.4, -0.2) is 38.0 Å². The summed E-state index contributed by atoms with van der Waals surface area (Å²) in [5.74, 6) is -1.74. The summed E-state index contributed by atoms with van der Waals surface area (Å²) in [4.78, 5) is 14.6. The van der Waals surface area contributed by atoms with Crippen LogP contribution in [-0.2, 0) is 28.4 Å². The smallest absolute Gasteiger partial charge is 0.263 e. The number of amides is 1. The van der Waals surface area contributed by atoms with E-state index < -0.39 is 33.0 Å². The maximum Gasteiger partial charge on any atom is 0.263 e. The lowest BCUT2D eigenvalue weighted by Gasteiger charge is -2.34. The van der Waals surface area contributed by atoms with E-state index in [2.05, 4.69) is 15.2 Å². The van der Waals surface area contributed by atoms with Crippen molar-refractivity contribution in [2.45, 2.75) is 57.0 Å². The van der Waals surface area contributed by atoms with E-state index >= 15 is 0 Å². The lowest BCUT2D eigenvalue weighted by Crippen LogP contribution is -2.33. The minimum atomic E-state index is -4.11. The van der Waals surface area contributed by atoms with Crippen LogP contribution < -0.4 is 10.0 Å². The number of nitrogens with zero attached hydrogens (tertiary/aromatic N) is 2. The van der Waals surface area contributed by atoms with Crippen LogP contribution in [0.2, 0.25) is 0 Å². The molecule has 0 fully saturated rings. The maximum atomic E-state index is 13.8. The van der Waals surface area contributed by atoms with Gasteiger partial charge in [0, 0.05) is 37.7 Å². The van der Waals surface area contributed by atoms with Crippen LogP contribution in [0.3, 0.4) is 0 Å². The average molecular weight is 533 g/mol. The molecule has 2 heterocycles. The fourth-order valence-electron chi connectivity index (χ4n) is 4.47. The molecular formula is C26H30F2N4O4S. The van der Waals surface area contributed by atoms with E-state index in [-0.39, 0.29) is 28.1 Å². The molecule has 1 aliphatic rings. The molecule has 0 aliphatic carbocycles. The Bertz CT molecular complexity index is 1430. The van der Waals surface area contributed by atoms with Crippen molar-refractivity contribution in [1.82, 2.24) is 15.4 Å². The second-order valence-electron chi connectivity index (χ2n) is 10.2. The van der Waals surface area contributed by atoms with Crippen molar-refractivity contribution in [3.8, 4) is 0 Å². The third kappa shape index (κ3) is 5.52. The number of nitrogens with one attached hydrogen (secondary N) is 2. The molecule has 3 aromatic rings. The molecule has 2 N–H and O–H groups in total. The molecule has 37 heavy (non-hydrogen) atoms. The summed E-state index contributed by atoms with van der Waals surface area (Å²) in [5, 5.41) is 6.33. The summed E-state index contributed by atoms with van der Waals surface area (Å²) in [6.45, 7) is 8.39. The van der Waals surface area contributed by atoms with E-state index in [1.165, 1.54) is 25.2 Å². The van der Waals surface area contributed by atoms with E-state index in [1.807, 2.05) is 32.6 Å². The molecule has 1 amide bonds. The number of hydrogen-bond donors (Lipinski definition) is 2. The van der Waals surface area contributed by atoms with Gasteiger partial charge >= 0.3 is 0 Å². The predicted octanol–water partition coefficient (Wildman–Crippen LogP) is 4.53. The van der Waals surface area contributed by atoms with Crippen LogP contribution in [0.25, 0.3) is 0 Å². The van der Waals surface area contributed by atoms with Crippen LogP contribution >= 0.6 is 0 Å². The van der Waals surface area contributed by atoms with Crippen LogP contribution in [0.4, 0.5) is 14.6 Å². The summed E-state index contributed by atoms with van der Waals surface area (Å²) in [6, 6.07) is 8.01. The monoisotopic (exact) mass is 532 g/mol. The van der Waals surface area contributed by atoms with Gasteiger partial charge in [-0.25, -0.2) is 17.2 Å². The Hall–Kier alpha value is -3.31. The zero-order valence-electron chi connectivity index (χ0n) is 21.4. The highest BCUT2D eigenvalue weighted by atomic mass is 32.2. The molecule has 1 unspecified atom stereocenters. The van der Waals surface area contributed by atoms with E-state index in [0.29, 0.717) is 25.1 Å². The Labute approximate surface area is 215 Å². The highest BCUT2D eigenvalue weighted by molar-refractivity contribution is 7.92. The molecular weight excluding hydrogens is 502 g/mol. The summed E-state index contributed by atoms with van der Waals surface area (Å²) >= 11 is 0. The molecule has 0 saturated carbocycles. The number of carbonyl (C=O) groups is 1. The second-order valence-corrected chi connectivity index (χ2v) is 11.9. The van der Waals surface area contributed by atoms with Crippen LogP contribution in [0, 0.1) is 11.6 Å². The first-order valence-corrected chi connectivity index (χ1v) is 13.4. The third-order valence-electron chi connectivity index (χ3n) is 6.50. The maximum absolute atomic E-state index is 13.8. The molecule has 0 spiro atoms. The van der Waals surface area contributed by atoms with Crippen molar-refractivity contribution in [3.63, 3.8) is 0 Å². The molecule has 198 valence electrons. The SMILES string of the molecule is CNC(=O)c1c(NS(=O)(=O)c2ccc3c(c2)CN(C(C)c2cc(F)cc(F)c2)CC3)noc1C(C)(C)C. The molecule has 4 rings (SSSR count). The van der Waals surface area contributed by atoms with Gasteiger partial charge in [0.1, 0.15) is 17.2 Å². The number of benzene rings is 2.